The molecule has 0 aromatic heterocycles. The minimum absolute atomic E-state index is 0.171. The van der Waals surface area contributed by atoms with Gasteiger partial charge in [0.1, 0.15) is 17.0 Å². The summed E-state index contributed by atoms with van der Waals surface area (Å²) >= 11 is 1.40. The monoisotopic (exact) mass is 424 g/mol. The first kappa shape index (κ1) is 20.1. The summed E-state index contributed by atoms with van der Waals surface area (Å²) in [5.74, 6) is -1.18. The van der Waals surface area contributed by atoms with E-state index >= 15 is 0 Å². The van der Waals surface area contributed by atoms with Crippen LogP contribution < -0.4 is 10.2 Å². The fourth-order valence-electron chi connectivity index (χ4n) is 3.31. The molecule has 1 N–H and O–H groups in total. The highest BCUT2D eigenvalue weighted by atomic mass is 32.2. The third kappa shape index (κ3) is 4.07. The smallest absolute Gasteiger partial charge is 0.255 e. The van der Waals surface area contributed by atoms with E-state index in [-0.39, 0.29) is 23.3 Å². The zero-order valence-corrected chi connectivity index (χ0v) is 16.9. The van der Waals surface area contributed by atoms with Gasteiger partial charge >= 0.3 is 0 Å². The molecule has 1 heterocycles. The van der Waals surface area contributed by atoms with Crippen LogP contribution in [0.3, 0.4) is 0 Å². The number of amides is 2. The third-order valence-electron chi connectivity index (χ3n) is 4.77. The molecule has 4 nitrogen and oxygen atoms in total. The van der Waals surface area contributed by atoms with Crippen molar-refractivity contribution in [2.45, 2.75) is 12.3 Å². The molecule has 1 aliphatic rings. The molecule has 0 unspecified atom stereocenters. The predicted molar refractivity (Wildman–Crippen MR) is 115 cm³/mol. The number of anilines is 2. The van der Waals surface area contributed by atoms with E-state index in [1.54, 1.807) is 30.3 Å². The number of nitrogens with zero attached hydrogens (tertiary/aromatic N) is 1. The summed E-state index contributed by atoms with van der Waals surface area (Å²) in [5.41, 5.74) is 2.73. The molecular weight excluding hydrogens is 406 g/mol. The highest BCUT2D eigenvalue weighted by molar-refractivity contribution is 8.00. The molecule has 0 aliphatic carbocycles. The van der Waals surface area contributed by atoms with E-state index in [2.05, 4.69) is 5.32 Å². The first-order chi connectivity index (χ1) is 14.4. The lowest BCUT2D eigenvalue weighted by molar-refractivity contribution is -0.115. The molecule has 7 heteroatoms. The zero-order chi connectivity index (χ0) is 21.3. The molecule has 1 aliphatic heterocycles. The third-order valence-corrected chi connectivity index (χ3v) is 5.98. The Morgan fingerprint density at radius 3 is 2.60 bits per heavy atom. The fraction of sp³-hybridized carbons (Fsp3) is 0.130. The average Bonchev–Trinajstić information content (AvgIpc) is 3.12. The number of aryl methyl sites for hydroxylation is 1. The number of hydrogen-bond acceptors (Lipinski definition) is 3. The van der Waals surface area contributed by atoms with Crippen LogP contribution in [0.5, 0.6) is 0 Å². The lowest BCUT2D eigenvalue weighted by Gasteiger charge is -2.25. The summed E-state index contributed by atoms with van der Waals surface area (Å²) in [5, 5.41) is 2.37. The molecule has 1 saturated heterocycles. The summed E-state index contributed by atoms with van der Waals surface area (Å²) in [6.45, 7) is 1.84. The largest absolute Gasteiger partial charge is 0.322 e. The van der Waals surface area contributed by atoms with Crippen molar-refractivity contribution in [2.75, 3.05) is 16.0 Å². The zero-order valence-electron chi connectivity index (χ0n) is 16.1. The van der Waals surface area contributed by atoms with E-state index in [0.29, 0.717) is 11.3 Å². The number of hydrogen-bond donors (Lipinski definition) is 1. The van der Waals surface area contributed by atoms with Crippen molar-refractivity contribution in [3.05, 3.63) is 95.1 Å². The molecular formula is C23H18F2N2O2S. The number of rotatable bonds is 4. The Morgan fingerprint density at radius 2 is 1.83 bits per heavy atom. The van der Waals surface area contributed by atoms with Crippen LogP contribution in [0.15, 0.2) is 66.7 Å². The van der Waals surface area contributed by atoms with E-state index in [4.69, 9.17) is 0 Å². The van der Waals surface area contributed by atoms with Crippen LogP contribution >= 0.6 is 11.8 Å². The summed E-state index contributed by atoms with van der Waals surface area (Å²) in [6.07, 6.45) is 0. The van der Waals surface area contributed by atoms with Crippen LogP contribution in [0.25, 0.3) is 0 Å². The topological polar surface area (TPSA) is 49.4 Å². The Bertz CT molecular complexity index is 1120. The van der Waals surface area contributed by atoms with Gasteiger partial charge < -0.3 is 5.32 Å². The standard InChI is InChI=1S/C23H18F2N2O2S/c1-14-5-10-19(25)20(11-14)27-21(28)13-30-23(27)16-3-2-4-18(12-16)26-22(29)15-6-8-17(24)9-7-15/h2-12,23H,13H2,1H3,(H,26,29)/t23-/m0/s1. The van der Waals surface area contributed by atoms with Gasteiger partial charge in [0.05, 0.1) is 11.4 Å². The van der Waals surface area contributed by atoms with Gasteiger partial charge in [-0.25, -0.2) is 8.78 Å². The van der Waals surface area contributed by atoms with Crippen molar-refractivity contribution in [3.8, 4) is 0 Å². The van der Waals surface area contributed by atoms with Gasteiger partial charge in [0.2, 0.25) is 5.91 Å². The molecule has 3 aromatic rings. The molecule has 0 bridgehead atoms. The highest BCUT2D eigenvalue weighted by Gasteiger charge is 2.35. The van der Waals surface area contributed by atoms with Crippen molar-refractivity contribution in [1.82, 2.24) is 0 Å². The molecule has 0 saturated carbocycles. The summed E-state index contributed by atoms with van der Waals surface area (Å²) in [4.78, 5) is 26.4. The van der Waals surface area contributed by atoms with Gasteiger partial charge in [-0.1, -0.05) is 18.2 Å². The minimum atomic E-state index is -0.456. The Labute approximate surface area is 176 Å². The van der Waals surface area contributed by atoms with E-state index in [1.807, 2.05) is 13.0 Å². The van der Waals surface area contributed by atoms with Gasteiger partial charge in [0, 0.05) is 11.3 Å². The quantitative estimate of drug-likeness (QED) is 0.618. The van der Waals surface area contributed by atoms with Crippen LogP contribution in [0.1, 0.15) is 26.9 Å². The minimum Gasteiger partial charge on any atom is -0.322 e. The fourth-order valence-corrected chi connectivity index (χ4v) is 4.47. The lowest BCUT2D eigenvalue weighted by atomic mass is 10.1. The second-order valence-corrected chi connectivity index (χ2v) is 8.04. The number of thioether (sulfide) groups is 1. The average molecular weight is 424 g/mol. The number of benzene rings is 3. The summed E-state index contributed by atoms with van der Waals surface area (Å²) in [7, 11) is 0. The maximum atomic E-state index is 14.5. The second-order valence-electron chi connectivity index (χ2n) is 6.97. The van der Waals surface area contributed by atoms with E-state index < -0.39 is 17.0 Å². The first-order valence-corrected chi connectivity index (χ1v) is 10.3. The molecule has 0 radical (unpaired) electrons. The Hall–Kier alpha value is -3.19. The number of carbonyl (C=O) groups excluding carboxylic acids is 2. The van der Waals surface area contributed by atoms with E-state index in [9.17, 15) is 18.4 Å². The van der Waals surface area contributed by atoms with Gasteiger partial charge in [-0.05, 0) is 66.6 Å². The molecule has 4 rings (SSSR count). The van der Waals surface area contributed by atoms with E-state index in [0.717, 1.165) is 11.1 Å². The van der Waals surface area contributed by atoms with Crippen molar-refractivity contribution < 1.29 is 18.4 Å². The van der Waals surface area contributed by atoms with Crippen LogP contribution in [-0.2, 0) is 4.79 Å². The van der Waals surface area contributed by atoms with Crippen molar-refractivity contribution in [2.24, 2.45) is 0 Å². The maximum absolute atomic E-state index is 14.5. The molecule has 1 atom stereocenters. The number of halogens is 2. The molecule has 2 amide bonds. The lowest BCUT2D eigenvalue weighted by Crippen LogP contribution is -2.28. The van der Waals surface area contributed by atoms with Crippen LogP contribution in [0, 0.1) is 18.6 Å². The Morgan fingerprint density at radius 1 is 1.07 bits per heavy atom. The van der Waals surface area contributed by atoms with Gasteiger partial charge in [0.25, 0.3) is 5.91 Å². The molecule has 152 valence electrons. The Balaban J connectivity index is 1.61. The SMILES string of the molecule is Cc1ccc(F)c(N2C(=O)CS[C@H]2c2cccc(NC(=O)c3ccc(F)cc3)c2)c1. The van der Waals surface area contributed by atoms with Crippen LogP contribution in [0.2, 0.25) is 0 Å². The first-order valence-electron chi connectivity index (χ1n) is 9.29. The normalized spacial score (nSPS) is 16.0. The van der Waals surface area contributed by atoms with Gasteiger partial charge in [-0.15, -0.1) is 11.8 Å². The molecule has 1 fully saturated rings. The van der Waals surface area contributed by atoms with Gasteiger partial charge in [0.15, 0.2) is 0 Å². The molecule has 30 heavy (non-hydrogen) atoms. The Kier molecular flexibility index (Phi) is 5.55. The maximum Gasteiger partial charge on any atom is 0.255 e. The van der Waals surface area contributed by atoms with Crippen molar-refractivity contribution >= 4 is 35.0 Å². The number of carbonyl (C=O) groups is 2. The molecule has 3 aromatic carbocycles. The highest BCUT2D eigenvalue weighted by Crippen LogP contribution is 2.43. The van der Waals surface area contributed by atoms with Crippen LogP contribution in [0.4, 0.5) is 20.2 Å². The number of nitrogens with one attached hydrogen (secondary N) is 1. The van der Waals surface area contributed by atoms with Crippen molar-refractivity contribution in [3.63, 3.8) is 0 Å². The van der Waals surface area contributed by atoms with Crippen molar-refractivity contribution in [1.29, 1.82) is 0 Å². The summed E-state index contributed by atoms with van der Waals surface area (Å²) in [6, 6.07) is 17.0. The predicted octanol–water partition coefficient (Wildman–Crippen LogP) is 5.30. The van der Waals surface area contributed by atoms with Gasteiger partial charge in [-0.3, -0.25) is 14.5 Å². The van der Waals surface area contributed by atoms with E-state index in [1.165, 1.54) is 47.0 Å². The van der Waals surface area contributed by atoms with Crippen LogP contribution in [-0.4, -0.2) is 17.6 Å². The molecule has 0 spiro atoms. The van der Waals surface area contributed by atoms with Gasteiger partial charge in [-0.2, -0.15) is 0 Å². The summed E-state index contributed by atoms with van der Waals surface area (Å²) < 4.78 is 27.5. The second kappa shape index (κ2) is 8.28.